The van der Waals surface area contributed by atoms with E-state index < -0.39 is 5.97 Å². The van der Waals surface area contributed by atoms with E-state index in [0.29, 0.717) is 35.6 Å². The fourth-order valence-electron chi connectivity index (χ4n) is 3.28. The maximum atomic E-state index is 13.0. The highest BCUT2D eigenvalue weighted by molar-refractivity contribution is 6.00. The minimum atomic E-state index is -0.418. The molecule has 1 aliphatic rings. The van der Waals surface area contributed by atoms with E-state index >= 15 is 0 Å². The zero-order valence-electron chi connectivity index (χ0n) is 16.3. The van der Waals surface area contributed by atoms with Gasteiger partial charge in [-0.2, -0.15) is 0 Å². The number of aromatic nitrogens is 1. The largest absolute Gasteiger partial charge is 0.462 e. The van der Waals surface area contributed by atoms with Crippen molar-refractivity contribution in [3.63, 3.8) is 0 Å². The number of H-pyrrole nitrogens is 1. The van der Waals surface area contributed by atoms with Gasteiger partial charge in [-0.15, -0.1) is 0 Å². The number of carbonyl (C=O) groups excluding carboxylic acids is 3. The Morgan fingerprint density at radius 1 is 1.31 bits per heavy atom. The number of carbonyl (C=O) groups is 3. The van der Waals surface area contributed by atoms with Crippen LogP contribution in [0.25, 0.3) is 0 Å². The van der Waals surface area contributed by atoms with Gasteiger partial charge in [0.2, 0.25) is 5.91 Å². The number of esters is 1. The summed E-state index contributed by atoms with van der Waals surface area (Å²) in [6.07, 6.45) is 1.69. The van der Waals surface area contributed by atoms with Gasteiger partial charge in [0.25, 0.3) is 5.91 Å². The third-order valence-corrected chi connectivity index (χ3v) is 4.71. The minimum Gasteiger partial charge on any atom is -0.462 e. The summed E-state index contributed by atoms with van der Waals surface area (Å²) in [5.41, 5.74) is 2.09. The summed E-state index contributed by atoms with van der Waals surface area (Å²) >= 11 is 0. The normalized spacial score (nSPS) is 17.3. The maximum absolute atomic E-state index is 13.0. The molecule has 1 aromatic heterocycles. The Kier molecular flexibility index (Phi) is 6.45. The van der Waals surface area contributed by atoms with Crippen LogP contribution in [0.4, 0.5) is 0 Å². The van der Waals surface area contributed by atoms with Gasteiger partial charge in [0, 0.05) is 30.7 Å². The van der Waals surface area contributed by atoms with Crippen molar-refractivity contribution >= 4 is 17.8 Å². The van der Waals surface area contributed by atoms with E-state index in [1.807, 2.05) is 13.8 Å². The van der Waals surface area contributed by atoms with Crippen LogP contribution in [-0.4, -0.2) is 53.4 Å². The lowest BCUT2D eigenvalue weighted by Gasteiger charge is -2.33. The van der Waals surface area contributed by atoms with Crippen LogP contribution in [0, 0.1) is 19.8 Å². The smallest absolute Gasteiger partial charge is 0.340 e. The van der Waals surface area contributed by atoms with Gasteiger partial charge in [-0.1, -0.05) is 13.8 Å². The number of nitrogens with one attached hydrogen (secondary N) is 2. The molecule has 0 saturated carbocycles. The van der Waals surface area contributed by atoms with Crippen LogP contribution in [0.15, 0.2) is 0 Å². The fraction of sp³-hybridized carbons (Fsp3) is 0.632. The van der Waals surface area contributed by atoms with E-state index in [2.05, 4.69) is 10.3 Å². The number of piperidine rings is 1. The van der Waals surface area contributed by atoms with Crippen molar-refractivity contribution in [2.45, 2.75) is 53.5 Å². The Morgan fingerprint density at radius 2 is 2.00 bits per heavy atom. The summed E-state index contributed by atoms with van der Waals surface area (Å²) < 4.78 is 5.08. The quantitative estimate of drug-likeness (QED) is 0.785. The van der Waals surface area contributed by atoms with E-state index in [4.69, 9.17) is 4.74 Å². The first-order valence-electron chi connectivity index (χ1n) is 9.22. The summed E-state index contributed by atoms with van der Waals surface area (Å²) in [5.74, 6) is -0.648. The molecule has 1 fully saturated rings. The number of ether oxygens (including phenoxy) is 1. The molecule has 7 heteroatoms. The monoisotopic (exact) mass is 363 g/mol. The molecule has 0 bridgehead atoms. The number of nitrogens with zero attached hydrogens (tertiary/aromatic N) is 1. The van der Waals surface area contributed by atoms with Gasteiger partial charge >= 0.3 is 5.97 Å². The first-order chi connectivity index (χ1) is 12.3. The molecule has 1 atom stereocenters. The molecule has 0 unspecified atom stereocenters. The zero-order valence-corrected chi connectivity index (χ0v) is 16.3. The number of hydrogen-bond donors (Lipinski definition) is 2. The molecule has 0 aliphatic carbocycles. The van der Waals surface area contributed by atoms with Crippen LogP contribution >= 0.6 is 0 Å². The molecule has 2 N–H and O–H groups in total. The molecule has 1 saturated heterocycles. The number of aromatic amines is 1. The number of hydrogen-bond acceptors (Lipinski definition) is 4. The second kappa shape index (κ2) is 8.38. The van der Waals surface area contributed by atoms with Crippen molar-refractivity contribution in [1.82, 2.24) is 15.2 Å². The summed E-state index contributed by atoms with van der Waals surface area (Å²) in [6, 6.07) is -0.0384. The highest BCUT2D eigenvalue weighted by atomic mass is 16.5. The second-order valence-corrected chi connectivity index (χ2v) is 7.10. The van der Waals surface area contributed by atoms with E-state index in [-0.39, 0.29) is 30.4 Å². The van der Waals surface area contributed by atoms with Crippen LogP contribution in [0.2, 0.25) is 0 Å². The zero-order chi connectivity index (χ0) is 19.4. The van der Waals surface area contributed by atoms with E-state index in [1.165, 1.54) is 0 Å². The molecular formula is C19H29N3O4. The van der Waals surface area contributed by atoms with Gasteiger partial charge in [-0.3, -0.25) is 9.59 Å². The van der Waals surface area contributed by atoms with Crippen LogP contribution in [-0.2, 0) is 9.53 Å². The highest BCUT2D eigenvalue weighted by Crippen LogP contribution is 2.22. The lowest BCUT2D eigenvalue weighted by atomic mass is 10.0. The Bertz CT molecular complexity index is 693. The van der Waals surface area contributed by atoms with Gasteiger partial charge in [-0.05, 0) is 39.2 Å². The molecule has 1 aromatic rings. The minimum absolute atomic E-state index is 0.000736. The third-order valence-electron chi connectivity index (χ3n) is 4.71. The molecule has 2 rings (SSSR count). The van der Waals surface area contributed by atoms with Crippen LogP contribution < -0.4 is 5.32 Å². The van der Waals surface area contributed by atoms with Gasteiger partial charge in [0.1, 0.15) is 5.69 Å². The average molecular weight is 363 g/mol. The third kappa shape index (κ3) is 4.26. The van der Waals surface area contributed by atoms with Crippen molar-refractivity contribution in [2.75, 3.05) is 19.7 Å². The van der Waals surface area contributed by atoms with E-state index in [9.17, 15) is 14.4 Å². The van der Waals surface area contributed by atoms with E-state index in [1.54, 1.807) is 25.7 Å². The Balaban J connectivity index is 2.14. The standard InChI is InChI=1S/C19H29N3O4/c1-6-26-19(25)15-12(4)16(20-13(15)5)18(24)22-9-7-8-14(10-22)21-17(23)11(2)3/h11,14,20H,6-10H2,1-5H3,(H,21,23)/t14-/m1/s1. The summed E-state index contributed by atoms with van der Waals surface area (Å²) in [7, 11) is 0. The second-order valence-electron chi connectivity index (χ2n) is 7.10. The van der Waals surface area contributed by atoms with Crippen LogP contribution in [0.3, 0.4) is 0 Å². The molecule has 2 amide bonds. The molecule has 0 aromatic carbocycles. The van der Waals surface area contributed by atoms with Crippen LogP contribution in [0.5, 0.6) is 0 Å². The molecule has 1 aliphatic heterocycles. The molecule has 144 valence electrons. The van der Waals surface area contributed by atoms with Crippen molar-refractivity contribution in [2.24, 2.45) is 5.92 Å². The molecule has 7 nitrogen and oxygen atoms in total. The van der Waals surface area contributed by atoms with Gasteiger partial charge in [-0.25, -0.2) is 4.79 Å². The maximum Gasteiger partial charge on any atom is 0.340 e. The Hall–Kier alpha value is -2.31. The Labute approximate surface area is 154 Å². The fourth-order valence-corrected chi connectivity index (χ4v) is 3.28. The van der Waals surface area contributed by atoms with Crippen molar-refractivity contribution in [3.8, 4) is 0 Å². The molecule has 26 heavy (non-hydrogen) atoms. The summed E-state index contributed by atoms with van der Waals surface area (Å²) in [4.78, 5) is 41.8. The molecule has 0 radical (unpaired) electrons. The Morgan fingerprint density at radius 3 is 2.62 bits per heavy atom. The number of likely N-dealkylation sites (tertiary alicyclic amines) is 1. The summed E-state index contributed by atoms with van der Waals surface area (Å²) in [5, 5.41) is 3.00. The molecule has 2 heterocycles. The van der Waals surface area contributed by atoms with Gasteiger partial charge in [0.15, 0.2) is 0 Å². The topological polar surface area (TPSA) is 91.5 Å². The average Bonchev–Trinajstić information content (AvgIpc) is 2.89. The predicted molar refractivity (Wildman–Crippen MR) is 98.1 cm³/mol. The first kappa shape index (κ1) is 20.0. The van der Waals surface area contributed by atoms with Gasteiger partial charge in [0.05, 0.1) is 12.2 Å². The van der Waals surface area contributed by atoms with Crippen molar-refractivity contribution < 1.29 is 19.1 Å². The van der Waals surface area contributed by atoms with Crippen LogP contribution in [0.1, 0.15) is 65.7 Å². The summed E-state index contributed by atoms with van der Waals surface area (Å²) in [6.45, 7) is 10.4. The van der Waals surface area contributed by atoms with Gasteiger partial charge < -0.3 is 19.9 Å². The number of amides is 2. The number of aryl methyl sites for hydroxylation is 1. The first-order valence-corrected chi connectivity index (χ1v) is 9.22. The molecule has 0 spiro atoms. The molecular weight excluding hydrogens is 334 g/mol. The highest BCUT2D eigenvalue weighted by Gasteiger charge is 2.30. The van der Waals surface area contributed by atoms with E-state index in [0.717, 1.165) is 12.8 Å². The lowest BCUT2D eigenvalue weighted by Crippen LogP contribution is -2.50. The predicted octanol–water partition coefficient (Wildman–Crippen LogP) is 2.19. The number of rotatable bonds is 5. The lowest BCUT2D eigenvalue weighted by molar-refractivity contribution is -0.125. The van der Waals surface area contributed by atoms with Crippen molar-refractivity contribution in [3.05, 3.63) is 22.5 Å². The SMILES string of the molecule is CCOC(=O)c1c(C)[nH]c(C(=O)N2CCC[C@@H](NC(=O)C(C)C)C2)c1C. The van der Waals surface area contributed by atoms with Crippen molar-refractivity contribution in [1.29, 1.82) is 0 Å².